The third-order valence-electron chi connectivity index (χ3n) is 6.49. The monoisotopic (exact) mass is 478 g/mol. The Labute approximate surface area is 202 Å². The molecule has 35 heavy (non-hydrogen) atoms. The predicted octanol–water partition coefficient (Wildman–Crippen LogP) is 3.59. The van der Waals surface area contributed by atoms with Crippen LogP contribution in [0.5, 0.6) is 0 Å². The van der Waals surface area contributed by atoms with Gasteiger partial charge in [-0.2, -0.15) is 10.2 Å². The number of nitrogens with zero attached hydrogens (tertiary/aromatic N) is 6. The third kappa shape index (κ3) is 4.02. The molecular formula is C25H27FN6O3. The van der Waals surface area contributed by atoms with Crippen LogP contribution in [0.4, 0.5) is 9.18 Å². The Balaban J connectivity index is 1.57. The number of hydrogen-bond donors (Lipinski definition) is 0. The van der Waals surface area contributed by atoms with E-state index < -0.39 is 17.1 Å². The molecule has 0 spiro atoms. The molecule has 1 saturated heterocycles. The van der Waals surface area contributed by atoms with Gasteiger partial charge in [-0.3, -0.25) is 4.79 Å². The molecule has 0 saturated carbocycles. The summed E-state index contributed by atoms with van der Waals surface area (Å²) in [5.41, 5.74) is 1.67. The summed E-state index contributed by atoms with van der Waals surface area (Å²) >= 11 is 0. The second kappa shape index (κ2) is 8.14. The van der Waals surface area contributed by atoms with Crippen molar-refractivity contribution in [1.29, 1.82) is 0 Å². The molecule has 3 aromatic rings. The Morgan fingerprint density at radius 1 is 1.14 bits per heavy atom. The molecule has 9 nitrogen and oxygen atoms in total. The van der Waals surface area contributed by atoms with E-state index in [4.69, 9.17) is 4.74 Å². The molecule has 3 heterocycles. The number of ether oxygens (including phenoxy) is 1. The van der Waals surface area contributed by atoms with Gasteiger partial charge in [0.25, 0.3) is 0 Å². The van der Waals surface area contributed by atoms with Gasteiger partial charge in [0, 0.05) is 20.1 Å². The molecule has 1 aliphatic carbocycles. The first-order valence-corrected chi connectivity index (χ1v) is 11.5. The Morgan fingerprint density at radius 3 is 2.54 bits per heavy atom. The van der Waals surface area contributed by atoms with Crippen molar-refractivity contribution in [2.75, 3.05) is 13.1 Å². The van der Waals surface area contributed by atoms with Crippen molar-refractivity contribution in [2.24, 2.45) is 12.5 Å². The maximum atomic E-state index is 14.0. The van der Waals surface area contributed by atoms with Crippen LogP contribution in [0, 0.1) is 11.2 Å². The maximum Gasteiger partial charge on any atom is 0.410 e. The molecule has 1 atom stereocenters. The van der Waals surface area contributed by atoms with Crippen LogP contribution in [0.1, 0.15) is 49.1 Å². The van der Waals surface area contributed by atoms with Crippen LogP contribution in [0.2, 0.25) is 0 Å². The number of aryl methyl sites for hydroxylation is 1. The highest BCUT2D eigenvalue weighted by atomic mass is 19.1. The third-order valence-corrected chi connectivity index (χ3v) is 6.49. The molecular weight excluding hydrogens is 451 g/mol. The van der Waals surface area contributed by atoms with Crippen molar-refractivity contribution in [3.05, 3.63) is 65.3 Å². The molecule has 10 heteroatoms. The Bertz CT molecular complexity index is 1330. The summed E-state index contributed by atoms with van der Waals surface area (Å²) in [6.07, 6.45) is 5.45. The van der Waals surface area contributed by atoms with Gasteiger partial charge in [-0.05, 0) is 69.5 Å². The summed E-state index contributed by atoms with van der Waals surface area (Å²) in [6.45, 7) is 6.04. The van der Waals surface area contributed by atoms with Crippen LogP contribution in [0.3, 0.4) is 0 Å². The molecule has 1 fully saturated rings. The molecule has 0 N–H and O–H groups in total. The quantitative estimate of drug-likeness (QED) is 0.534. The molecule has 2 aliphatic rings. The normalized spacial score (nSPS) is 19.6. The summed E-state index contributed by atoms with van der Waals surface area (Å²) in [5, 5.41) is 8.61. The van der Waals surface area contributed by atoms with E-state index in [2.05, 4.69) is 15.2 Å². The van der Waals surface area contributed by atoms with Gasteiger partial charge in [0.2, 0.25) is 5.78 Å². The standard InChI is InChI=1S/C25H27FN6O3/c1-24(2,3)35-23(34)31-10-9-17-11-20-16(13-28-32(20)19-7-5-18(26)6-8-19)12-25(17,14-31)21(33)22-27-15-29-30(22)4/h5-8,11,13,15H,9-10,12,14H2,1-4H3. The summed E-state index contributed by atoms with van der Waals surface area (Å²) < 4.78 is 22.3. The fraction of sp³-hybridized carbons (Fsp3) is 0.400. The SMILES string of the molecule is Cn1ncnc1C(=O)C12Cc3cnn(-c4ccc(F)cc4)c3C=C1CCN(C(=O)OC(C)(C)C)C2. The predicted molar refractivity (Wildman–Crippen MR) is 125 cm³/mol. The number of likely N-dealkylation sites (tertiary alicyclic amines) is 1. The second-order valence-corrected chi connectivity index (χ2v) is 10.1. The number of amides is 1. The van der Waals surface area contributed by atoms with Crippen LogP contribution in [-0.4, -0.2) is 60.0 Å². The number of ketones is 1. The minimum Gasteiger partial charge on any atom is -0.444 e. The molecule has 0 bridgehead atoms. The minimum absolute atomic E-state index is 0.167. The largest absolute Gasteiger partial charge is 0.444 e. The van der Waals surface area contributed by atoms with E-state index >= 15 is 0 Å². The van der Waals surface area contributed by atoms with Gasteiger partial charge in [-0.1, -0.05) is 5.57 Å². The average Bonchev–Trinajstić information content (AvgIpc) is 3.41. The lowest BCUT2D eigenvalue weighted by Gasteiger charge is -2.45. The molecule has 1 amide bonds. The Kier molecular flexibility index (Phi) is 5.34. The van der Waals surface area contributed by atoms with E-state index in [-0.39, 0.29) is 24.0 Å². The summed E-state index contributed by atoms with van der Waals surface area (Å²) in [5.74, 6) is -0.288. The van der Waals surface area contributed by atoms with Gasteiger partial charge in [0.15, 0.2) is 5.82 Å². The molecule has 1 aromatic carbocycles. The molecule has 1 unspecified atom stereocenters. The van der Waals surface area contributed by atoms with Crippen LogP contribution in [0.15, 0.2) is 42.4 Å². The van der Waals surface area contributed by atoms with Crippen molar-refractivity contribution < 1.29 is 18.7 Å². The molecule has 1 aliphatic heterocycles. The Hall–Kier alpha value is -3.82. The number of rotatable bonds is 3. The lowest BCUT2D eigenvalue weighted by atomic mass is 9.65. The topological polar surface area (TPSA) is 95.1 Å². The number of carbonyl (C=O) groups excluding carboxylic acids is 2. The Morgan fingerprint density at radius 2 is 1.89 bits per heavy atom. The summed E-state index contributed by atoms with van der Waals surface area (Å²) in [4.78, 5) is 32.8. The smallest absolute Gasteiger partial charge is 0.410 e. The maximum absolute atomic E-state index is 14.0. The molecule has 2 aromatic heterocycles. The zero-order chi connectivity index (χ0) is 25.0. The van der Waals surface area contributed by atoms with Gasteiger partial charge in [0.05, 0.1) is 23.0 Å². The molecule has 5 rings (SSSR count). The fourth-order valence-corrected chi connectivity index (χ4v) is 4.84. The first-order chi connectivity index (χ1) is 16.6. The first kappa shape index (κ1) is 22.9. The molecule has 182 valence electrons. The number of halogens is 1. The zero-order valence-corrected chi connectivity index (χ0v) is 20.2. The highest BCUT2D eigenvalue weighted by molar-refractivity contribution is 6.02. The summed E-state index contributed by atoms with van der Waals surface area (Å²) in [7, 11) is 1.68. The highest BCUT2D eigenvalue weighted by Gasteiger charge is 2.51. The average molecular weight is 479 g/mol. The fourth-order valence-electron chi connectivity index (χ4n) is 4.84. The van der Waals surface area contributed by atoms with Crippen LogP contribution < -0.4 is 0 Å². The van der Waals surface area contributed by atoms with E-state index in [1.165, 1.54) is 23.1 Å². The number of benzene rings is 1. The minimum atomic E-state index is -1.01. The number of Topliss-reactive ketones (excluding diaryl/α,β-unsaturated/α-hetero) is 1. The van der Waals surface area contributed by atoms with E-state index in [1.54, 1.807) is 35.0 Å². The highest BCUT2D eigenvalue weighted by Crippen LogP contribution is 2.46. The van der Waals surface area contributed by atoms with Crippen molar-refractivity contribution in [3.8, 4) is 5.69 Å². The lowest BCUT2D eigenvalue weighted by Crippen LogP contribution is -2.54. The van der Waals surface area contributed by atoms with Crippen LogP contribution in [0.25, 0.3) is 11.8 Å². The van der Waals surface area contributed by atoms with E-state index in [0.717, 1.165) is 22.5 Å². The van der Waals surface area contributed by atoms with Gasteiger partial charge in [-0.15, -0.1) is 0 Å². The van der Waals surface area contributed by atoms with Gasteiger partial charge in [-0.25, -0.2) is 23.5 Å². The van der Waals surface area contributed by atoms with E-state index in [0.29, 0.717) is 19.4 Å². The van der Waals surface area contributed by atoms with Gasteiger partial charge in [0.1, 0.15) is 17.7 Å². The van der Waals surface area contributed by atoms with Gasteiger partial charge >= 0.3 is 6.09 Å². The number of carbonyl (C=O) groups is 2. The van der Waals surface area contributed by atoms with Gasteiger partial charge < -0.3 is 9.64 Å². The molecule has 0 radical (unpaired) electrons. The lowest BCUT2D eigenvalue weighted by molar-refractivity contribution is 0.0137. The number of aromatic nitrogens is 5. The van der Waals surface area contributed by atoms with Crippen molar-refractivity contribution in [2.45, 2.75) is 39.2 Å². The van der Waals surface area contributed by atoms with Crippen LogP contribution in [-0.2, 0) is 18.2 Å². The summed E-state index contributed by atoms with van der Waals surface area (Å²) in [6, 6.07) is 6.11. The van der Waals surface area contributed by atoms with Crippen molar-refractivity contribution in [1.82, 2.24) is 29.4 Å². The van der Waals surface area contributed by atoms with Crippen molar-refractivity contribution >= 4 is 18.0 Å². The number of hydrogen-bond acceptors (Lipinski definition) is 6. The zero-order valence-electron chi connectivity index (χ0n) is 20.2. The number of piperidine rings is 1. The van der Waals surface area contributed by atoms with E-state index in [9.17, 15) is 14.0 Å². The van der Waals surface area contributed by atoms with Crippen molar-refractivity contribution in [3.63, 3.8) is 0 Å². The first-order valence-electron chi connectivity index (χ1n) is 11.5. The van der Waals surface area contributed by atoms with Crippen LogP contribution >= 0.6 is 0 Å². The number of fused-ring (bicyclic) bond motifs is 2. The van der Waals surface area contributed by atoms with E-state index in [1.807, 2.05) is 26.8 Å². The second-order valence-electron chi connectivity index (χ2n) is 10.1.